The first kappa shape index (κ1) is 22.8. The van der Waals surface area contributed by atoms with Gasteiger partial charge in [0.05, 0.1) is 16.6 Å². The highest BCUT2D eigenvalue weighted by molar-refractivity contribution is 6.01. The summed E-state index contributed by atoms with van der Waals surface area (Å²) in [5, 5.41) is 15.3. The molecule has 1 aliphatic rings. The Bertz CT molecular complexity index is 1600. The van der Waals surface area contributed by atoms with E-state index >= 15 is 0 Å². The largest absolute Gasteiger partial charge is 0.355 e. The molecule has 0 radical (unpaired) electrons. The van der Waals surface area contributed by atoms with Gasteiger partial charge in [0, 0.05) is 22.4 Å². The predicted molar refractivity (Wildman–Crippen MR) is 152 cm³/mol. The standard InChI is InChI=1S/C32H28N4O/c1-22-10-13-24(14-11-22)32(18-19-32)31(37)34-26-9-5-8-25(20-26)33-27-15-16-28-29(35-36-30(28)21-27)17-12-23-6-3-2-4-7-23/h2-17,20-21,33H,18-19H2,1H3,(H,34,37)(H,35,36)/b17-12+. The summed E-state index contributed by atoms with van der Waals surface area (Å²) in [6.45, 7) is 2.06. The van der Waals surface area contributed by atoms with Crippen LogP contribution in [0.2, 0.25) is 0 Å². The van der Waals surface area contributed by atoms with Crippen molar-refractivity contribution in [3.05, 3.63) is 119 Å². The van der Waals surface area contributed by atoms with Crippen LogP contribution < -0.4 is 10.6 Å². The summed E-state index contributed by atoms with van der Waals surface area (Å²) in [6, 6.07) is 32.5. The summed E-state index contributed by atoms with van der Waals surface area (Å²) < 4.78 is 0. The Kier molecular flexibility index (Phi) is 5.81. The van der Waals surface area contributed by atoms with Gasteiger partial charge in [0.2, 0.25) is 5.91 Å². The lowest BCUT2D eigenvalue weighted by Gasteiger charge is -2.17. The number of anilines is 3. The molecular formula is C32H28N4O. The van der Waals surface area contributed by atoms with Crippen LogP contribution >= 0.6 is 0 Å². The van der Waals surface area contributed by atoms with Gasteiger partial charge in [-0.15, -0.1) is 0 Å². The maximum absolute atomic E-state index is 13.2. The van der Waals surface area contributed by atoms with Gasteiger partial charge >= 0.3 is 0 Å². The molecule has 0 saturated heterocycles. The third-order valence-corrected chi connectivity index (χ3v) is 7.02. The molecular weight excluding hydrogens is 456 g/mol. The number of H-pyrrole nitrogens is 1. The zero-order valence-corrected chi connectivity index (χ0v) is 20.7. The molecule has 1 heterocycles. The topological polar surface area (TPSA) is 69.8 Å². The number of carbonyl (C=O) groups excluding carboxylic acids is 1. The lowest BCUT2D eigenvalue weighted by molar-refractivity contribution is -0.118. The van der Waals surface area contributed by atoms with Gasteiger partial charge in [-0.25, -0.2) is 0 Å². The van der Waals surface area contributed by atoms with E-state index in [1.807, 2.05) is 60.7 Å². The second-order valence-electron chi connectivity index (χ2n) is 9.72. The van der Waals surface area contributed by atoms with Crippen molar-refractivity contribution < 1.29 is 4.79 Å². The summed E-state index contributed by atoms with van der Waals surface area (Å²) in [5.41, 5.74) is 7.50. The van der Waals surface area contributed by atoms with Gasteiger partial charge in [-0.1, -0.05) is 72.3 Å². The van der Waals surface area contributed by atoms with Crippen molar-refractivity contribution in [2.75, 3.05) is 10.6 Å². The highest BCUT2D eigenvalue weighted by atomic mass is 16.2. The first-order chi connectivity index (χ1) is 18.1. The van der Waals surface area contributed by atoms with Crippen LogP contribution in [0.1, 0.15) is 35.2 Å². The van der Waals surface area contributed by atoms with Gasteiger partial charge in [0.25, 0.3) is 0 Å². The number of amides is 1. The number of benzene rings is 4. The van der Waals surface area contributed by atoms with Crippen molar-refractivity contribution in [2.45, 2.75) is 25.2 Å². The molecule has 5 aromatic rings. The highest BCUT2D eigenvalue weighted by Crippen LogP contribution is 2.49. The second-order valence-corrected chi connectivity index (χ2v) is 9.72. The van der Waals surface area contributed by atoms with E-state index in [0.717, 1.165) is 57.6 Å². The van der Waals surface area contributed by atoms with E-state index in [4.69, 9.17) is 0 Å². The number of carbonyl (C=O) groups is 1. The van der Waals surface area contributed by atoms with Crippen molar-refractivity contribution in [3.8, 4) is 0 Å². The molecule has 1 aromatic heterocycles. The fourth-order valence-electron chi connectivity index (χ4n) is 4.72. The van der Waals surface area contributed by atoms with Crippen LogP contribution in [-0.2, 0) is 10.2 Å². The summed E-state index contributed by atoms with van der Waals surface area (Å²) in [7, 11) is 0. The Morgan fingerprint density at radius 3 is 2.38 bits per heavy atom. The average molecular weight is 485 g/mol. The molecule has 5 nitrogen and oxygen atoms in total. The zero-order chi connectivity index (χ0) is 25.2. The number of aromatic amines is 1. The van der Waals surface area contributed by atoms with Crippen molar-refractivity contribution in [2.24, 2.45) is 0 Å². The van der Waals surface area contributed by atoms with Crippen LogP contribution in [0.5, 0.6) is 0 Å². The Morgan fingerprint density at radius 2 is 1.59 bits per heavy atom. The number of fused-ring (bicyclic) bond motifs is 1. The fraction of sp³-hybridized carbons (Fsp3) is 0.125. The van der Waals surface area contributed by atoms with E-state index in [2.05, 4.69) is 76.3 Å². The van der Waals surface area contributed by atoms with E-state index < -0.39 is 5.41 Å². The van der Waals surface area contributed by atoms with Gasteiger partial charge in [-0.2, -0.15) is 5.10 Å². The van der Waals surface area contributed by atoms with E-state index in [1.165, 1.54) is 5.56 Å². The van der Waals surface area contributed by atoms with Crippen molar-refractivity contribution >= 4 is 46.0 Å². The van der Waals surface area contributed by atoms with Crippen LogP contribution in [-0.4, -0.2) is 16.1 Å². The summed E-state index contributed by atoms with van der Waals surface area (Å²) in [6.07, 6.45) is 5.85. The van der Waals surface area contributed by atoms with E-state index in [0.29, 0.717) is 0 Å². The number of nitrogens with zero attached hydrogens (tertiary/aromatic N) is 1. The van der Waals surface area contributed by atoms with E-state index in [-0.39, 0.29) is 5.91 Å². The lowest BCUT2D eigenvalue weighted by atomic mass is 9.94. The molecule has 37 heavy (non-hydrogen) atoms. The monoisotopic (exact) mass is 484 g/mol. The minimum atomic E-state index is -0.407. The molecule has 1 aliphatic carbocycles. The number of hydrogen-bond acceptors (Lipinski definition) is 3. The average Bonchev–Trinajstić information content (AvgIpc) is 3.64. The van der Waals surface area contributed by atoms with E-state index in [1.54, 1.807) is 0 Å². The number of rotatable bonds is 7. The highest BCUT2D eigenvalue weighted by Gasteiger charge is 2.51. The molecule has 3 N–H and O–H groups in total. The minimum Gasteiger partial charge on any atom is -0.355 e. The molecule has 4 aromatic carbocycles. The number of hydrogen-bond donors (Lipinski definition) is 3. The SMILES string of the molecule is Cc1ccc(C2(C(=O)Nc3cccc(Nc4ccc5c(/C=C/c6ccccc6)n[nH]c5c4)c3)CC2)cc1. The third kappa shape index (κ3) is 4.76. The summed E-state index contributed by atoms with van der Waals surface area (Å²) in [5.74, 6) is 0.0588. The Hall–Kier alpha value is -4.64. The molecule has 1 saturated carbocycles. The van der Waals surface area contributed by atoms with Gasteiger partial charge in [-0.3, -0.25) is 9.89 Å². The van der Waals surface area contributed by atoms with Gasteiger partial charge in [-0.05, 0) is 73.4 Å². The molecule has 0 spiro atoms. The normalized spacial score (nSPS) is 14.1. The quantitative estimate of drug-likeness (QED) is 0.225. The first-order valence-electron chi connectivity index (χ1n) is 12.6. The minimum absolute atomic E-state index is 0.0588. The molecule has 0 unspecified atom stereocenters. The van der Waals surface area contributed by atoms with Crippen LogP contribution in [0.3, 0.4) is 0 Å². The van der Waals surface area contributed by atoms with Crippen molar-refractivity contribution in [1.29, 1.82) is 0 Å². The van der Waals surface area contributed by atoms with Crippen molar-refractivity contribution in [3.63, 3.8) is 0 Å². The molecule has 1 amide bonds. The summed E-state index contributed by atoms with van der Waals surface area (Å²) in [4.78, 5) is 13.2. The Balaban J connectivity index is 1.16. The zero-order valence-electron chi connectivity index (χ0n) is 20.7. The molecule has 0 atom stereocenters. The molecule has 182 valence electrons. The molecule has 0 aliphatic heterocycles. The van der Waals surface area contributed by atoms with Gasteiger partial charge in [0.15, 0.2) is 0 Å². The molecule has 6 rings (SSSR count). The van der Waals surface area contributed by atoms with Crippen LogP contribution in [0.15, 0.2) is 97.1 Å². The van der Waals surface area contributed by atoms with Crippen LogP contribution in [0.25, 0.3) is 23.1 Å². The van der Waals surface area contributed by atoms with Crippen molar-refractivity contribution in [1.82, 2.24) is 10.2 Å². The predicted octanol–water partition coefficient (Wildman–Crippen LogP) is 7.46. The van der Waals surface area contributed by atoms with E-state index in [9.17, 15) is 4.79 Å². The third-order valence-electron chi connectivity index (χ3n) is 7.02. The van der Waals surface area contributed by atoms with Crippen LogP contribution in [0.4, 0.5) is 17.1 Å². The number of aromatic nitrogens is 2. The molecule has 1 fully saturated rings. The fourth-order valence-corrected chi connectivity index (χ4v) is 4.72. The number of nitrogens with one attached hydrogen (secondary N) is 3. The molecule has 5 heteroatoms. The van der Waals surface area contributed by atoms with Gasteiger partial charge in [0.1, 0.15) is 0 Å². The smallest absolute Gasteiger partial charge is 0.235 e. The number of aryl methyl sites for hydroxylation is 1. The lowest BCUT2D eigenvalue weighted by Crippen LogP contribution is -2.27. The molecule has 0 bridgehead atoms. The first-order valence-corrected chi connectivity index (χ1v) is 12.6. The van der Waals surface area contributed by atoms with Gasteiger partial charge < -0.3 is 10.6 Å². The maximum atomic E-state index is 13.2. The second kappa shape index (κ2) is 9.43. The summed E-state index contributed by atoms with van der Waals surface area (Å²) >= 11 is 0. The van der Waals surface area contributed by atoms with Crippen LogP contribution in [0, 0.1) is 6.92 Å². The Labute approximate surface area is 216 Å². The maximum Gasteiger partial charge on any atom is 0.235 e. The Morgan fingerprint density at radius 1 is 0.838 bits per heavy atom.